The molecule has 1 aromatic carbocycles. The van der Waals surface area contributed by atoms with E-state index in [0.717, 1.165) is 24.5 Å². The van der Waals surface area contributed by atoms with E-state index in [2.05, 4.69) is 20.6 Å². The van der Waals surface area contributed by atoms with Crippen molar-refractivity contribution >= 4 is 11.6 Å². The standard InChI is InChI=1S/C20H21N5O3/c1-13-3-5-16(17(9-13)27-2)28-19-6-4-14(10-23-19)24-20(26)15-11-22-18-12-21-7-8-25(15)18/h3-6,9-11,21H,7-8,12H2,1-2H3,(H,24,26). The van der Waals surface area contributed by atoms with E-state index in [1.807, 2.05) is 29.7 Å². The second kappa shape index (κ2) is 7.69. The molecule has 1 amide bonds. The molecule has 144 valence electrons. The fourth-order valence-electron chi connectivity index (χ4n) is 3.06. The largest absolute Gasteiger partial charge is 0.493 e. The minimum Gasteiger partial charge on any atom is -0.493 e. The summed E-state index contributed by atoms with van der Waals surface area (Å²) >= 11 is 0. The van der Waals surface area contributed by atoms with Crippen molar-refractivity contribution in [3.63, 3.8) is 0 Å². The van der Waals surface area contributed by atoms with Crippen molar-refractivity contribution in [3.05, 3.63) is 59.8 Å². The number of carbonyl (C=O) groups excluding carboxylic acids is 1. The van der Waals surface area contributed by atoms with Crippen LogP contribution in [0.25, 0.3) is 0 Å². The number of fused-ring (bicyclic) bond motifs is 1. The van der Waals surface area contributed by atoms with Gasteiger partial charge in [0.2, 0.25) is 5.88 Å². The summed E-state index contributed by atoms with van der Waals surface area (Å²) in [5.41, 5.74) is 2.20. The van der Waals surface area contributed by atoms with Gasteiger partial charge < -0.3 is 24.7 Å². The Bertz CT molecular complexity index is 998. The first-order valence-corrected chi connectivity index (χ1v) is 8.99. The molecular formula is C20H21N5O3. The Balaban J connectivity index is 1.45. The van der Waals surface area contributed by atoms with Crippen molar-refractivity contribution in [2.45, 2.75) is 20.0 Å². The summed E-state index contributed by atoms with van der Waals surface area (Å²) in [7, 11) is 1.60. The Hall–Kier alpha value is -3.39. The molecule has 0 spiro atoms. The fourth-order valence-corrected chi connectivity index (χ4v) is 3.06. The normalized spacial score (nSPS) is 12.9. The van der Waals surface area contributed by atoms with E-state index in [1.54, 1.807) is 31.6 Å². The molecule has 0 saturated carbocycles. The molecular weight excluding hydrogens is 358 g/mol. The number of nitrogens with one attached hydrogen (secondary N) is 2. The van der Waals surface area contributed by atoms with Crippen LogP contribution in [0.4, 0.5) is 5.69 Å². The van der Waals surface area contributed by atoms with Crippen LogP contribution in [0.1, 0.15) is 21.9 Å². The highest BCUT2D eigenvalue weighted by atomic mass is 16.5. The zero-order chi connectivity index (χ0) is 19.5. The summed E-state index contributed by atoms with van der Waals surface area (Å²) in [4.78, 5) is 21.1. The summed E-state index contributed by atoms with van der Waals surface area (Å²) in [6.07, 6.45) is 3.16. The zero-order valence-electron chi connectivity index (χ0n) is 15.7. The van der Waals surface area contributed by atoms with Gasteiger partial charge in [-0.2, -0.15) is 0 Å². The highest BCUT2D eigenvalue weighted by Crippen LogP contribution is 2.31. The molecule has 1 aliphatic rings. The van der Waals surface area contributed by atoms with E-state index in [-0.39, 0.29) is 5.91 Å². The first kappa shape index (κ1) is 18.0. The number of methoxy groups -OCH3 is 1. The van der Waals surface area contributed by atoms with E-state index >= 15 is 0 Å². The van der Waals surface area contributed by atoms with E-state index < -0.39 is 0 Å². The number of hydrogen-bond acceptors (Lipinski definition) is 6. The lowest BCUT2D eigenvalue weighted by Gasteiger charge is -2.17. The van der Waals surface area contributed by atoms with Crippen LogP contribution >= 0.6 is 0 Å². The number of aromatic nitrogens is 3. The maximum absolute atomic E-state index is 12.6. The molecule has 0 aliphatic carbocycles. The summed E-state index contributed by atoms with van der Waals surface area (Å²) in [6.45, 7) is 4.20. The van der Waals surface area contributed by atoms with Crippen molar-refractivity contribution in [1.82, 2.24) is 19.9 Å². The average Bonchev–Trinajstić information content (AvgIpc) is 3.15. The summed E-state index contributed by atoms with van der Waals surface area (Å²) in [5, 5.41) is 6.08. The third-order valence-corrected chi connectivity index (χ3v) is 4.49. The number of carbonyl (C=O) groups is 1. The molecule has 0 atom stereocenters. The number of imidazole rings is 1. The molecule has 2 aromatic heterocycles. The van der Waals surface area contributed by atoms with Crippen molar-refractivity contribution in [3.8, 4) is 17.4 Å². The Morgan fingerprint density at radius 2 is 2.07 bits per heavy atom. The highest BCUT2D eigenvalue weighted by molar-refractivity contribution is 6.03. The number of pyridine rings is 1. The van der Waals surface area contributed by atoms with Crippen molar-refractivity contribution in [1.29, 1.82) is 0 Å². The minimum atomic E-state index is -0.212. The SMILES string of the molecule is COc1cc(C)ccc1Oc1ccc(NC(=O)c2cnc3n2CCNC3)cn1. The maximum Gasteiger partial charge on any atom is 0.273 e. The van der Waals surface area contributed by atoms with Crippen LogP contribution in [-0.4, -0.2) is 34.1 Å². The predicted octanol–water partition coefficient (Wildman–Crippen LogP) is 2.74. The monoisotopic (exact) mass is 379 g/mol. The molecule has 3 aromatic rings. The van der Waals surface area contributed by atoms with E-state index in [4.69, 9.17) is 9.47 Å². The van der Waals surface area contributed by atoms with Crippen LogP contribution < -0.4 is 20.1 Å². The molecule has 0 radical (unpaired) electrons. The molecule has 0 fully saturated rings. The molecule has 3 heterocycles. The average molecular weight is 379 g/mol. The number of benzene rings is 1. The Morgan fingerprint density at radius 1 is 1.18 bits per heavy atom. The second-order valence-electron chi connectivity index (χ2n) is 6.48. The summed E-state index contributed by atoms with van der Waals surface area (Å²) in [6, 6.07) is 9.11. The molecule has 2 N–H and O–H groups in total. The topological polar surface area (TPSA) is 90.3 Å². The highest BCUT2D eigenvalue weighted by Gasteiger charge is 2.19. The number of amides is 1. The van der Waals surface area contributed by atoms with E-state index in [0.29, 0.717) is 35.3 Å². The fraction of sp³-hybridized carbons (Fsp3) is 0.250. The Kier molecular flexibility index (Phi) is 4.94. The van der Waals surface area contributed by atoms with Gasteiger partial charge in [0.15, 0.2) is 11.5 Å². The zero-order valence-corrected chi connectivity index (χ0v) is 15.7. The van der Waals surface area contributed by atoms with Crippen molar-refractivity contribution in [2.24, 2.45) is 0 Å². The van der Waals surface area contributed by atoms with Gasteiger partial charge in [-0.1, -0.05) is 6.07 Å². The van der Waals surface area contributed by atoms with E-state index in [1.165, 1.54) is 0 Å². The lowest BCUT2D eigenvalue weighted by Crippen LogP contribution is -2.30. The molecule has 8 heteroatoms. The number of rotatable bonds is 5. The third kappa shape index (κ3) is 3.67. The van der Waals surface area contributed by atoms with Gasteiger partial charge >= 0.3 is 0 Å². The van der Waals surface area contributed by atoms with Crippen LogP contribution in [0.2, 0.25) is 0 Å². The van der Waals surface area contributed by atoms with Gasteiger partial charge in [-0.25, -0.2) is 9.97 Å². The molecule has 0 saturated heterocycles. The molecule has 0 unspecified atom stereocenters. The Morgan fingerprint density at radius 3 is 2.86 bits per heavy atom. The summed E-state index contributed by atoms with van der Waals surface area (Å²) < 4.78 is 13.1. The molecule has 8 nitrogen and oxygen atoms in total. The predicted molar refractivity (Wildman–Crippen MR) is 104 cm³/mol. The first-order valence-electron chi connectivity index (χ1n) is 8.99. The van der Waals surface area contributed by atoms with Crippen LogP contribution in [0.5, 0.6) is 17.4 Å². The van der Waals surface area contributed by atoms with Crippen molar-refractivity contribution < 1.29 is 14.3 Å². The molecule has 1 aliphatic heterocycles. The van der Waals surface area contributed by atoms with Crippen LogP contribution in [0, 0.1) is 6.92 Å². The van der Waals surface area contributed by atoms with Gasteiger partial charge in [-0.3, -0.25) is 4.79 Å². The second-order valence-corrected chi connectivity index (χ2v) is 6.48. The van der Waals surface area contributed by atoms with Gasteiger partial charge in [0.25, 0.3) is 5.91 Å². The van der Waals surface area contributed by atoms with Crippen LogP contribution in [-0.2, 0) is 13.1 Å². The smallest absolute Gasteiger partial charge is 0.273 e. The van der Waals surface area contributed by atoms with Gasteiger partial charge in [0.05, 0.1) is 31.7 Å². The quantitative estimate of drug-likeness (QED) is 0.708. The third-order valence-electron chi connectivity index (χ3n) is 4.49. The van der Waals surface area contributed by atoms with Crippen LogP contribution in [0.3, 0.4) is 0 Å². The lowest BCUT2D eigenvalue weighted by molar-refractivity contribution is 0.101. The number of aryl methyl sites for hydroxylation is 1. The lowest BCUT2D eigenvalue weighted by atomic mass is 10.2. The molecule has 4 rings (SSSR count). The summed E-state index contributed by atoms with van der Waals surface area (Å²) in [5.74, 6) is 2.28. The number of ether oxygens (including phenoxy) is 2. The maximum atomic E-state index is 12.6. The minimum absolute atomic E-state index is 0.212. The molecule has 0 bridgehead atoms. The van der Waals surface area contributed by atoms with Gasteiger partial charge in [-0.05, 0) is 30.7 Å². The van der Waals surface area contributed by atoms with Gasteiger partial charge in [0.1, 0.15) is 11.5 Å². The number of nitrogens with zero attached hydrogens (tertiary/aromatic N) is 3. The molecule has 28 heavy (non-hydrogen) atoms. The van der Waals surface area contributed by atoms with Gasteiger partial charge in [-0.15, -0.1) is 0 Å². The number of anilines is 1. The van der Waals surface area contributed by atoms with Crippen LogP contribution in [0.15, 0.2) is 42.7 Å². The first-order chi connectivity index (χ1) is 13.6. The van der Waals surface area contributed by atoms with E-state index in [9.17, 15) is 4.79 Å². The van der Waals surface area contributed by atoms with Crippen molar-refractivity contribution in [2.75, 3.05) is 19.0 Å². The van der Waals surface area contributed by atoms with Gasteiger partial charge in [0, 0.05) is 19.2 Å². The number of hydrogen-bond donors (Lipinski definition) is 2. The Labute approximate surface area is 162 Å².